The molecule has 1 atom stereocenters. The molecule has 5 heteroatoms. The summed E-state index contributed by atoms with van der Waals surface area (Å²) in [4.78, 5) is 2.32. The van der Waals surface area contributed by atoms with Crippen LogP contribution in [0, 0.1) is 6.92 Å². The quantitative estimate of drug-likeness (QED) is 0.762. The summed E-state index contributed by atoms with van der Waals surface area (Å²) in [5.41, 5.74) is 14.9. The van der Waals surface area contributed by atoms with Crippen LogP contribution in [-0.2, 0) is 0 Å². The molecular formula is C11H19Cl2N3. The van der Waals surface area contributed by atoms with Crippen LogP contribution in [-0.4, -0.2) is 19.1 Å². The Labute approximate surface area is 109 Å². The summed E-state index contributed by atoms with van der Waals surface area (Å²) in [6.45, 7) is 4.06. The minimum absolute atomic E-state index is 0. The van der Waals surface area contributed by atoms with E-state index in [0.29, 0.717) is 6.04 Å². The summed E-state index contributed by atoms with van der Waals surface area (Å²) >= 11 is 0. The van der Waals surface area contributed by atoms with E-state index in [0.717, 1.165) is 30.8 Å². The lowest BCUT2D eigenvalue weighted by Crippen LogP contribution is -2.26. The lowest BCUT2D eigenvalue weighted by molar-refractivity contribution is 0.752. The minimum Gasteiger partial charge on any atom is -0.399 e. The van der Waals surface area contributed by atoms with Crippen molar-refractivity contribution >= 4 is 36.2 Å². The molecule has 0 aliphatic carbocycles. The van der Waals surface area contributed by atoms with Gasteiger partial charge in [0.1, 0.15) is 0 Å². The van der Waals surface area contributed by atoms with E-state index >= 15 is 0 Å². The molecule has 1 heterocycles. The third kappa shape index (κ3) is 3.17. The summed E-state index contributed by atoms with van der Waals surface area (Å²) < 4.78 is 0. The number of hydrogen-bond donors (Lipinski definition) is 2. The van der Waals surface area contributed by atoms with E-state index in [4.69, 9.17) is 11.5 Å². The average Bonchev–Trinajstić information content (AvgIpc) is 2.57. The maximum absolute atomic E-state index is 5.86. The van der Waals surface area contributed by atoms with Gasteiger partial charge in [0.2, 0.25) is 0 Å². The predicted molar refractivity (Wildman–Crippen MR) is 74.9 cm³/mol. The maximum atomic E-state index is 5.86. The van der Waals surface area contributed by atoms with E-state index in [1.165, 1.54) is 5.69 Å². The molecule has 0 radical (unpaired) electrons. The van der Waals surface area contributed by atoms with Gasteiger partial charge in [-0.15, -0.1) is 24.8 Å². The van der Waals surface area contributed by atoms with Crippen molar-refractivity contribution in [3.8, 4) is 0 Å². The number of benzene rings is 1. The van der Waals surface area contributed by atoms with Crippen LogP contribution in [0.25, 0.3) is 0 Å². The van der Waals surface area contributed by atoms with Crippen LogP contribution in [0.2, 0.25) is 0 Å². The molecule has 0 saturated carbocycles. The van der Waals surface area contributed by atoms with Gasteiger partial charge in [0, 0.05) is 30.5 Å². The van der Waals surface area contributed by atoms with E-state index in [1.807, 2.05) is 13.0 Å². The van der Waals surface area contributed by atoms with E-state index in [9.17, 15) is 0 Å². The fourth-order valence-corrected chi connectivity index (χ4v) is 1.88. The highest BCUT2D eigenvalue weighted by molar-refractivity contribution is 5.85. The van der Waals surface area contributed by atoms with Gasteiger partial charge in [0.15, 0.2) is 0 Å². The van der Waals surface area contributed by atoms with E-state index in [1.54, 1.807) is 0 Å². The molecule has 0 spiro atoms. The summed E-state index contributed by atoms with van der Waals surface area (Å²) in [5, 5.41) is 0. The maximum Gasteiger partial charge on any atom is 0.0370 e. The minimum atomic E-state index is 0. The molecule has 1 aromatic carbocycles. The van der Waals surface area contributed by atoms with Gasteiger partial charge in [-0.25, -0.2) is 0 Å². The largest absolute Gasteiger partial charge is 0.399 e. The smallest absolute Gasteiger partial charge is 0.0370 e. The Morgan fingerprint density at radius 1 is 1.31 bits per heavy atom. The molecular weight excluding hydrogens is 245 g/mol. The van der Waals surface area contributed by atoms with E-state index in [-0.39, 0.29) is 24.8 Å². The predicted octanol–water partition coefficient (Wildman–Crippen LogP) is 1.96. The zero-order valence-corrected chi connectivity index (χ0v) is 11.0. The summed E-state index contributed by atoms with van der Waals surface area (Å²) in [6, 6.07) is 6.50. The lowest BCUT2D eigenvalue weighted by atomic mass is 10.2. The first-order valence-corrected chi connectivity index (χ1v) is 5.03. The summed E-state index contributed by atoms with van der Waals surface area (Å²) in [6.07, 6.45) is 1.09. The second kappa shape index (κ2) is 6.18. The number of nitrogen functional groups attached to an aromatic ring is 1. The van der Waals surface area contributed by atoms with Gasteiger partial charge >= 0.3 is 0 Å². The van der Waals surface area contributed by atoms with Crippen molar-refractivity contribution in [2.45, 2.75) is 19.4 Å². The topological polar surface area (TPSA) is 55.3 Å². The third-order valence-electron chi connectivity index (χ3n) is 2.84. The molecule has 1 unspecified atom stereocenters. The van der Waals surface area contributed by atoms with Gasteiger partial charge in [-0.2, -0.15) is 0 Å². The molecule has 0 bridgehead atoms. The molecule has 0 amide bonds. The zero-order valence-electron chi connectivity index (χ0n) is 9.35. The standard InChI is InChI=1S/C11H17N3.2ClH/c1-8-6-10(2-3-11(8)13)14-5-4-9(12)7-14;;/h2-3,6,9H,4-5,7,12-13H2,1H3;2*1H. The van der Waals surface area contributed by atoms with E-state index < -0.39 is 0 Å². The first-order chi connectivity index (χ1) is 6.66. The molecule has 2 rings (SSSR count). The monoisotopic (exact) mass is 263 g/mol. The fourth-order valence-electron chi connectivity index (χ4n) is 1.88. The van der Waals surface area contributed by atoms with Gasteiger partial charge < -0.3 is 16.4 Å². The van der Waals surface area contributed by atoms with Crippen molar-refractivity contribution in [1.29, 1.82) is 0 Å². The second-order valence-corrected chi connectivity index (χ2v) is 4.04. The van der Waals surface area contributed by atoms with Crippen LogP contribution in [0.3, 0.4) is 0 Å². The third-order valence-corrected chi connectivity index (χ3v) is 2.84. The van der Waals surface area contributed by atoms with Crippen molar-refractivity contribution in [2.75, 3.05) is 23.7 Å². The molecule has 1 aromatic rings. The van der Waals surface area contributed by atoms with Crippen LogP contribution >= 0.6 is 24.8 Å². The number of nitrogens with two attached hydrogens (primary N) is 2. The van der Waals surface area contributed by atoms with Crippen LogP contribution in [0.4, 0.5) is 11.4 Å². The molecule has 4 N–H and O–H groups in total. The van der Waals surface area contributed by atoms with Gasteiger partial charge in [0.05, 0.1) is 0 Å². The van der Waals surface area contributed by atoms with Crippen LogP contribution in [0.1, 0.15) is 12.0 Å². The SMILES string of the molecule is Cc1cc(N2CCC(N)C2)ccc1N.Cl.Cl. The zero-order chi connectivity index (χ0) is 10.1. The normalized spacial score (nSPS) is 18.9. The number of hydrogen-bond acceptors (Lipinski definition) is 3. The molecule has 0 aromatic heterocycles. The molecule has 16 heavy (non-hydrogen) atoms. The molecule has 1 aliphatic rings. The Bertz CT molecular complexity index is 344. The number of halogens is 2. The highest BCUT2D eigenvalue weighted by Crippen LogP contribution is 2.23. The molecule has 3 nitrogen and oxygen atoms in total. The van der Waals surface area contributed by atoms with E-state index in [2.05, 4.69) is 17.0 Å². The van der Waals surface area contributed by atoms with Crippen molar-refractivity contribution in [2.24, 2.45) is 5.73 Å². The molecule has 1 fully saturated rings. The Hall–Kier alpha value is -0.640. The lowest BCUT2D eigenvalue weighted by Gasteiger charge is -2.18. The Balaban J connectivity index is 0.00000112. The van der Waals surface area contributed by atoms with Crippen molar-refractivity contribution in [3.63, 3.8) is 0 Å². The first kappa shape index (κ1) is 15.4. The highest BCUT2D eigenvalue weighted by Gasteiger charge is 2.19. The van der Waals surface area contributed by atoms with Gasteiger partial charge in [-0.3, -0.25) is 0 Å². The van der Waals surface area contributed by atoms with Crippen molar-refractivity contribution < 1.29 is 0 Å². The highest BCUT2D eigenvalue weighted by atomic mass is 35.5. The number of aryl methyl sites for hydroxylation is 1. The second-order valence-electron chi connectivity index (χ2n) is 4.04. The number of anilines is 2. The molecule has 92 valence electrons. The van der Waals surface area contributed by atoms with Crippen LogP contribution < -0.4 is 16.4 Å². The average molecular weight is 264 g/mol. The fraction of sp³-hybridized carbons (Fsp3) is 0.455. The van der Waals surface area contributed by atoms with Gasteiger partial charge in [-0.05, 0) is 37.1 Å². The van der Waals surface area contributed by atoms with Crippen LogP contribution in [0.5, 0.6) is 0 Å². The van der Waals surface area contributed by atoms with Crippen molar-refractivity contribution in [3.05, 3.63) is 23.8 Å². The first-order valence-electron chi connectivity index (χ1n) is 5.03. The van der Waals surface area contributed by atoms with Crippen LogP contribution in [0.15, 0.2) is 18.2 Å². The van der Waals surface area contributed by atoms with Gasteiger partial charge in [0.25, 0.3) is 0 Å². The Morgan fingerprint density at radius 2 is 2.00 bits per heavy atom. The molecule has 1 saturated heterocycles. The number of rotatable bonds is 1. The van der Waals surface area contributed by atoms with Gasteiger partial charge in [-0.1, -0.05) is 0 Å². The van der Waals surface area contributed by atoms with Crippen molar-refractivity contribution in [1.82, 2.24) is 0 Å². The summed E-state index contributed by atoms with van der Waals surface area (Å²) in [5.74, 6) is 0. The molecule has 1 aliphatic heterocycles. The Morgan fingerprint density at radius 3 is 2.50 bits per heavy atom. The Kier molecular flexibility index (Phi) is 5.94. The number of nitrogens with zero attached hydrogens (tertiary/aromatic N) is 1. The summed E-state index contributed by atoms with van der Waals surface area (Å²) in [7, 11) is 0.